The number of benzene rings is 1. The molecular formula is C17H20N2OS. The number of hydrogen-bond acceptors (Lipinski definition) is 3. The molecule has 0 fully saturated rings. The van der Waals surface area contributed by atoms with Crippen molar-refractivity contribution < 1.29 is 4.79 Å². The third kappa shape index (κ3) is 2.56. The molecule has 2 heterocycles. The maximum absolute atomic E-state index is 12.8. The summed E-state index contributed by atoms with van der Waals surface area (Å²) in [5.74, 6) is 0.127. The molecule has 0 saturated heterocycles. The Bertz CT molecular complexity index is 650. The van der Waals surface area contributed by atoms with Crippen molar-refractivity contribution in [3.05, 3.63) is 51.7 Å². The highest BCUT2D eigenvalue weighted by atomic mass is 32.1. The van der Waals surface area contributed by atoms with Crippen molar-refractivity contribution in [2.24, 2.45) is 0 Å². The Morgan fingerprint density at radius 2 is 2.00 bits per heavy atom. The largest absolute Gasteiger partial charge is 0.360 e. The van der Waals surface area contributed by atoms with E-state index in [2.05, 4.69) is 31.3 Å². The van der Waals surface area contributed by atoms with E-state index in [0.717, 1.165) is 30.6 Å². The molecule has 1 atom stereocenters. The number of para-hydroxylation sites is 1. The van der Waals surface area contributed by atoms with E-state index >= 15 is 0 Å². The van der Waals surface area contributed by atoms with Gasteiger partial charge in [-0.3, -0.25) is 4.79 Å². The van der Waals surface area contributed by atoms with Gasteiger partial charge in [0, 0.05) is 22.0 Å². The van der Waals surface area contributed by atoms with E-state index < -0.39 is 0 Å². The summed E-state index contributed by atoms with van der Waals surface area (Å²) >= 11 is 1.79. The number of aryl methyl sites for hydroxylation is 1. The van der Waals surface area contributed by atoms with E-state index in [-0.39, 0.29) is 12.1 Å². The molecule has 1 aliphatic heterocycles. The van der Waals surface area contributed by atoms with Crippen LogP contribution in [0.5, 0.6) is 0 Å². The molecule has 0 radical (unpaired) electrons. The molecule has 1 aliphatic rings. The molecule has 1 aromatic heterocycles. The Hall–Kier alpha value is -1.81. The van der Waals surface area contributed by atoms with Crippen molar-refractivity contribution in [3.8, 4) is 0 Å². The summed E-state index contributed by atoms with van der Waals surface area (Å²) in [4.78, 5) is 17.3. The number of nitrogens with one attached hydrogen (secondary N) is 1. The monoisotopic (exact) mass is 300 g/mol. The summed E-state index contributed by atoms with van der Waals surface area (Å²) in [6.07, 6.45) is 1.95. The quantitative estimate of drug-likeness (QED) is 0.913. The lowest BCUT2D eigenvalue weighted by Crippen LogP contribution is -2.42. The number of anilines is 1. The molecule has 21 heavy (non-hydrogen) atoms. The summed E-state index contributed by atoms with van der Waals surface area (Å²) in [5.41, 5.74) is 1.71. The Labute approximate surface area is 129 Å². The van der Waals surface area contributed by atoms with Gasteiger partial charge in [0.25, 0.3) is 5.91 Å². The predicted octanol–water partition coefficient (Wildman–Crippen LogP) is 4.29. The maximum atomic E-state index is 12.8. The van der Waals surface area contributed by atoms with Crippen LogP contribution in [0.25, 0.3) is 0 Å². The fraction of sp³-hybridized carbons (Fsp3) is 0.353. The van der Waals surface area contributed by atoms with Crippen LogP contribution in [0, 0.1) is 0 Å². The molecule has 1 unspecified atom stereocenters. The molecule has 1 aromatic carbocycles. The number of hydrogen-bond donors (Lipinski definition) is 1. The molecule has 0 saturated carbocycles. The van der Waals surface area contributed by atoms with E-state index in [1.165, 1.54) is 9.75 Å². The highest BCUT2D eigenvalue weighted by molar-refractivity contribution is 7.12. The molecular weight excluding hydrogens is 280 g/mol. The molecule has 1 amide bonds. The van der Waals surface area contributed by atoms with E-state index in [0.29, 0.717) is 0 Å². The van der Waals surface area contributed by atoms with Gasteiger partial charge in [0.15, 0.2) is 0 Å². The first-order chi connectivity index (χ1) is 10.2. The highest BCUT2D eigenvalue weighted by Crippen LogP contribution is 2.35. The van der Waals surface area contributed by atoms with Gasteiger partial charge in [0.2, 0.25) is 0 Å². The first kappa shape index (κ1) is 14.1. The average molecular weight is 300 g/mol. The fourth-order valence-electron chi connectivity index (χ4n) is 2.72. The van der Waals surface area contributed by atoms with Crippen LogP contribution < -0.4 is 5.32 Å². The first-order valence-electron chi connectivity index (χ1n) is 7.49. The van der Waals surface area contributed by atoms with Crippen LogP contribution in [0.1, 0.15) is 46.5 Å². The SMILES string of the molecule is CCCN1C(=O)c2ccccc2NC1c1ccc(CC)s1. The minimum Gasteiger partial charge on any atom is -0.360 e. The normalized spacial score (nSPS) is 17.5. The van der Waals surface area contributed by atoms with Gasteiger partial charge >= 0.3 is 0 Å². The number of rotatable bonds is 4. The fourth-order valence-corrected chi connectivity index (χ4v) is 3.74. The summed E-state index contributed by atoms with van der Waals surface area (Å²) < 4.78 is 0. The first-order valence-corrected chi connectivity index (χ1v) is 8.31. The number of amides is 1. The number of thiophene rings is 1. The van der Waals surface area contributed by atoms with Crippen molar-refractivity contribution in [1.82, 2.24) is 4.90 Å². The zero-order valence-corrected chi connectivity index (χ0v) is 13.2. The Kier molecular flexibility index (Phi) is 3.97. The molecule has 0 bridgehead atoms. The van der Waals surface area contributed by atoms with Gasteiger partial charge in [0.05, 0.1) is 5.56 Å². The Morgan fingerprint density at radius 3 is 2.71 bits per heavy atom. The second kappa shape index (κ2) is 5.90. The second-order valence-electron chi connectivity index (χ2n) is 5.25. The lowest BCUT2D eigenvalue weighted by atomic mass is 10.1. The van der Waals surface area contributed by atoms with Crippen LogP contribution in [0.3, 0.4) is 0 Å². The summed E-state index contributed by atoms with van der Waals surface area (Å²) in [6, 6.07) is 12.1. The van der Waals surface area contributed by atoms with Gasteiger partial charge in [-0.15, -0.1) is 11.3 Å². The standard InChI is InChI=1S/C17H20N2OS/c1-3-11-19-16(15-10-9-12(4-2)21-15)18-14-8-6-5-7-13(14)17(19)20/h5-10,16,18H,3-4,11H2,1-2H3. The summed E-state index contributed by atoms with van der Waals surface area (Å²) in [6.45, 7) is 5.04. The summed E-state index contributed by atoms with van der Waals surface area (Å²) in [7, 11) is 0. The molecule has 1 N–H and O–H groups in total. The molecule has 3 nitrogen and oxygen atoms in total. The lowest BCUT2D eigenvalue weighted by Gasteiger charge is -2.37. The molecule has 0 spiro atoms. The smallest absolute Gasteiger partial charge is 0.257 e. The van der Waals surface area contributed by atoms with Gasteiger partial charge < -0.3 is 10.2 Å². The van der Waals surface area contributed by atoms with Crippen molar-refractivity contribution in [2.75, 3.05) is 11.9 Å². The van der Waals surface area contributed by atoms with Gasteiger partial charge in [-0.25, -0.2) is 0 Å². The van der Waals surface area contributed by atoms with Crippen molar-refractivity contribution >= 4 is 22.9 Å². The van der Waals surface area contributed by atoms with Gasteiger partial charge in [-0.1, -0.05) is 26.0 Å². The van der Waals surface area contributed by atoms with E-state index in [4.69, 9.17) is 0 Å². The predicted molar refractivity (Wildman–Crippen MR) is 87.8 cm³/mol. The second-order valence-corrected chi connectivity index (χ2v) is 6.45. The number of nitrogens with zero attached hydrogens (tertiary/aromatic N) is 1. The zero-order chi connectivity index (χ0) is 14.8. The molecule has 3 rings (SSSR count). The van der Waals surface area contributed by atoms with Crippen molar-refractivity contribution in [1.29, 1.82) is 0 Å². The highest BCUT2D eigenvalue weighted by Gasteiger charge is 2.32. The molecule has 2 aromatic rings. The van der Waals surface area contributed by atoms with Crippen molar-refractivity contribution in [3.63, 3.8) is 0 Å². The molecule has 0 aliphatic carbocycles. The van der Waals surface area contributed by atoms with Crippen LogP contribution in [-0.2, 0) is 6.42 Å². The van der Waals surface area contributed by atoms with Gasteiger partial charge in [0.1, 0.15) is 6.17 Å². The van der Waals surface area contributed by atoms with Crippen LogP contribution in [0.4, 0.5) is 5.69 Å². The zero-order valence-electron chi connectivity index (χ0n) is 12.4. The minimum atomic E-state index is -0.0438. The van der Waals surface area contributed by atoms with E-state index in [9.17, 15) is 4.79 Å². The van der Waals surface area contributed by atoms with Crippen LogP contribution in [0.2, 0.25) is 0 Å². The Balaban J connectivity index is 2.00. The number of fused-ring (bicyclic) bond motifs is 1. The lowest BCUT2D eigenvalue weighted by molar-refractivity contribution is 0.0686. The van der Waals surface area contributed by atoms with Crippen LogP contribution in [0.15, 0.2) is 36.4 Å². The topological polar surface area (TPSA) is 32.3 Å². The third-order valence-corrected chi connectivity index (χ3v) is 5.07. The Morgan fingerprint density at radius 1 is 1.19 bits per heavy atom. The van der Waals surface area contributed by atoms with E-state index in [1.807, 2.05) is 29.2 Å². The third-order valence-electron chi connectivity index (χ3n) is 3.79. The van der Waals surface area contributed by atoms with Crippen LogP contribution >= 0.6 is 11.3 Å². The van der Waals surface area contributed by atoms with Gasteiger partial charge in [-0.05, 0) is 37.1 Å². The molecule has 110 valence electrons. The average Bonchev–Trinajstić information content (AvgIpc) is 2.99. The minimum absolute atomic E-state index is 0.0438. The molecule has 4 heteroatoms. The van der Waals surface area contributed by atoms with Crippen molar-refractivity contribution in [2.45, 2.75) is 32.9 Å². The number of carbonyl (C=O) groups is 1. The van der Waals surface area contributed by atoms with E-state index in [1.54, 1.807) is 11.3 Å². The summed E-state index contributed by atoms with van der Waals surface area (Å²) in [5, 5.41) is 3.53. The maximum Gasteiger partial charge on any atom is 0.257 e. The van der Waals surface area contributed by atoms with Gasteiger partial charge in [-0.2, -0.15) is 0 Å². The number of carbonyl (C=O) groups excluding carboxylic acids is 1. The van der Waals surface area contributed by atoms with Crippen LogP contribution in [-0.4, -0.2) is 17.4 Å².